The Morgan fingerprint density at radius 3 is 2.94 bits per heavy atom. The molecule has 3 aliphatic heterocycles. The standard InChI is InChI=1S/C14H25NO2/c1-2-6-15-10-13(3-1)12-4-7-17-14(9-12)5-8-16-11-14/h12-13,15H,1-11H2. The first-order chi connectivity index (χ1) is 8.38. The Morgan fingerprint density at radius 2 is 2.06 bits per heavy atom. The van der Waals surface area contributed by atoms with Crippen molar-refractivity contribution in [3.63, 3.8) is 0 Å². The topological polar surface area (TPSA) is 30.5 Å². The van der Waals surface area contributed by atoms with Crippen LogP contribution in [0.1, 0.15) is 38.5 Å². The molecule has 0 aromatic heterocycles. The maximum Gasteiger partial charge on any atom is 0.0939 e. The summed E-state index contributed by atoms with van der Waals surface area (Å²) in [4.78, 5) is 0. The molecule has 3 saturated heterocycles. The molecule has 1 spiro atoms. The van der Waals surface area contributed by atoms with E-state index in [0.717, 1.165) is 38.1 Å². The molecule has 3 fully saturated rings. The van der Waals surface area contributed by atoms with Gasteiger partial charge in [-0.05, 0) is 50.6 Å². The highest BCUT2D eigenvalue weighted by molar-refractivity contribution is 4.92. The molecule has 0 aromatic rings. The zero-order chi connectivity index (χ0) is 11.6. The quantitative estimate of drug-likeness (QED) is 0.759. The monoisotopic (exact) mass is 239 g/mol. The van der Waals surface area contributed by atoms with E-state index in [0.29, 0.717) is 0 Å². The second-order valence-corrected chi connectivity index (χ2v) is 6.05. The lowest BCUT2D eigenvalue weighted by molar-refractivity contribution is -0.106. The lowest BCUT2D eigenvalue weighted by atomic mass is 9.76. The second kappa shape index (κ2) is 5.25. The summed E-state index contributed by atoms with van der Waals surface area (Å²) < 4.78 is 11.6. The Bertz CT molecular complexity index is 243. The first-order valence-electron chi connectivity index (χ1n) is 7.30. The van der Waals surface area contributed by atoms with Crippen molar-refractivity contribution in [3.05, 3.63) is 0 Å². The third kappa shape index (κ3) is 2.67. The Hall–Kier alpha value is -0.120. The predicted molar refractivity (Wildman–Crippen MR) is 67.1 cm³/mol. The third-order valence-corrected chi connectivity index (χ3v) is 4.85. The second-order valence-electron chi connectivity index (χ2n) is 6.05. The highest BCUT2D eigenvalue weighted by atomic mass is 16.6. The third-order valence-electron chi connectivity index (χ3n) is 4.85. The zero-order valence-corrected chi connectivity index (χ0v) is 10.7. The minimum absolute atomic E-state index is 0.0925. The van der Waals surface area contributed by atoms with E-state index < -0.39 is 0 Å². The molecule has 3 nitrogen and oxygen atoms in total. The van der Waals surface area contributed by atoms with Gasteiger partial charge in [-0.3, -0.25) is 0 Å². The lowest BCUT2D eigenvalue weighted by Gasteiger charge is -2.40. The van der Waals surface area contributed by atoms with Gasteiger partial charge in [0.2, 0.25) is 0 Å². The summed E-state index contributed by atoms with van der Waals surface area (Å²) in [5.41, 5.74) is 0.0925. The van der Waals surface area contributed by atoms with Crippen molar-refractivity contribution >= 4 is 0 Å². The molecule has 3 atom stereocenters. The van der Waals surface area contributed by atoms with E-state index in [9.17, 15) is 0 Å². The van der Waals surface area contributed by atoms with Crippen molar-refractivity contribution in [2.75, 3.05) is 32.9 Å². The molecule has 98 valence electrons. The minimum Gasteiger partial charge on any atom is -0.378 e. The summed E-state index contributed by atoms with van der Waals surface area (Å²) in [6, 6.07) is 0. The molecular formula is C14H25NO2. The van der Waals surface area contributed by atoms with Gasteiger partial charge in [-0.2, -0.15) is 0 Å². The van der Waals surface area contributed by atoms with Crippen molar-refractivity contribution in [3.8, 4) is 0 Å². The van der Waals surface area contributed by atoms with Crippen LogP contribution in [0, 0.1) is 11.8 Å². The molecule has 3 heteroatoms. The fourth-order valence-corrected chi connectivity index (χ4v) is 3.78. The molecule has 3 heterocycles. The molecule has 0 amide bonds. The number of rotatable bonds is 1. The van der Waals surface area contributed by atoms with Gasteiger partial charge in [0.1, 0.15) is 0 Å². The van der Waals surface area contributed by atoms with E-state index >= 15 is 0 Å². The molecule has 0 aliphatic carbocycles. The summed E-state index contributed by atoms with van der Waals surface area (Å²) in [5.74, 6) is 1.73. The van der Waals surface area contributed by atoms with E-state index in [-0.39, 0.29) is 5.60 Å². The molecule has 3 rings (SSSR count). The Labute approximate surface area is 104 Å². The van der Waals surface area contributed by atoms with Crippen molar-refractivity contribution in [1.82, 2.24) is 5.32 Å². The zero-order valence-electron chi connectivity index (χ0n) is 10.7. The van der Waals surface area contributed by atoms with Crippen LogP contribution in [-0.4, -0.2) is 38.5 Å². The lowest BCUT2D eigenvalue weighted by Crippen LogP contribution is -2.43. The Morgan fingerprint density at radius 1 is 1.06 bits per heavy atom. The molecule has 0 saturated carbocycles. The van der Waals surface area contributed by atoms with E-state index in [1.54, 1.807) is 0 Å². The van der Waals surface area contributed by atoms with Gasteiger partial charge in [0, 0.05) is 19.6 Å². The average Bonchev–Trinajstić information content (AvgIpc) is 2.66. The fourth-order valence-electron chi connectivity index (χ4n) is 3.78. The minimum atomic E-state index is 0.0925. The van der Waals surface area contributed by atoms with Gasteiger partial charge in [0.05, 0.1) is 12.2 Å². The Balaban J connectivity index is 1.62. The normalized spacial score (nSPS) is 43.8. The van der Waals surface area contributed by atoms with Crippen LogP contribution in [-0.2, 0) is 9.47 Å². The van der Waals surface area contributed by atoms with Gasteiger partial charge in [-0.25, -0.2) is 0 Å². The first-order valence-corrected chi connectivity index (χ1v) is 7.30. The summed E-state index contributed by atoms with van der Waals surface area (Å²) in [6.07, 6.45) is 7.78. The van der Waals surface area contributed by atoms with Crippen LogP contribution in [0.15, 0.2) is 0 Å². The molecule has 0 radical (unpaired) electrons. The van der Waals surface area contributed by atoms with Crippen LogP contribution in [0.3, 0.4) is 0 Å². The smallest absolute Gasteiger partial charge is 0.0939 e. The molecule has 1 N–H and O–H groups in total. The van der Waals surface area contributed by atoms with Crippen LogP contribution in [0.4, 0.5) is 0 Å². The van der Waals surface area contributed by atoms with Crippen LogP contribution in [0.2, 0.25) is 0 Å². The van der Waals surface area contributed by atoms with Crippen molar-refractivity contribution in [2.45, 2.75) is 44.1 Å². The molecule has 3 aliphatic rings. The van der Waals surface area contributed by atoms with Crippen molar-refractivity contribution in [2.24, 2.45) is 11.8 Å². The van der Waals surface area contributed by atoms with E-state index in [2.05, 4.69) is 5.32 Å². The van der Waals surface area contributed by atoms with Crippen LogP contribution in [0.25, 0.3) is 0 Å². The number of hydrogen-bond acceptors (Lipinski definition) is 3. The number of nitrogens with one attached hydrogen (secondary N) is 1. The maximum absolute atomic E-state index is 6.03. The molecule has 17 heavy (non-hydrogen) atoms. The van der Waals surface area contributed by atoms with E-state index in [1.807, 2.05) is 0 Å². The molecule has 0 bridgehead atoms. The van der Waals surface area contributed by atoms with Crippen LogP contribution in [0.5, 0.6) is 0 Å². The van der Waals surface area contributed by atoms with Gasteiger partial charge < -0.3 is 14.8 Å². The largest absolute Gasteiger partial charge is 0.378 e. The van der Waals surface area contributed by atoms with Crippen LogP contribution < -0.4 is 5.32 Å². The fraction of sp³-hybridized carbons (Fsp3) is 1.00. The first kappa shape index (κ1) is 11.9. The SMILES string of the molecule is C1CCC(C2CCOC3(CCOC3)C2)CNC1. The summed E-state index contributed by atoms with van der Waals surface area (Å²) in [7, 11) is 0. The molecular weight excluding hydrogens is 214 g/mol. The summed E-state index contributed by atoms with van der Waals surface area (Å²) in [5, 5.41) is 3.60. The van der Waals surface area contributed by atoms with Gasteiger partial charge in [-0.15, -0.1) is 0 Å². The molecule has 0 aromatic carbocycles. The van der Waals surface area contributed by atoms with Gasteiger partial charge in [0.15, 0.2) is 0 Å². The molecule has 3 unspecified atom stereocenters. The Kier molecular flexibility index (Phi) is 3.69. The van der Waals surface area contributed by atoms with Crippen LogP contribution >= 0.6 is 0 Å². The van der Waals surface area contributed by atoms with Gasteiger partial charge in [0.25, 0.3) is 0 Å². The van der Waals surface area contributed by atoms with Crippen molar-refractivity contribution in [1.29, 1.82) is 0 Å². The highest BCUT2D eigenvalue weighted by Gasteiger charge is 2.42. The predicted octanol–water partition coefficient (Wildman–Crippen LogP) is 1.96. The van der Waals surface area contributed by atoms with Crippen molar-refractivity contribution < 1.29 is 9.47 Å². The number of hydrogen-bond donors (Lipinski definition) is 1. The number of ether oxygens (including phenoxy) is 2. The van der Waals surface area contributed by atoms with E-state index in [1.165, 1.54) is 45.2 Å². The van der Waals surface area contributed by atoms with Gasteiger partial charge in [-0.1, -0.05) is 6.42 Å². The highest BCUT2D eigenvalue weighted by Crippen LogP contribution is 2.40. The summed E-state index contributed by atoms with van der Waals surface area (Å²) >= 11 is 0. The van der Waals surface area contributed by atoms with Gasteiger partial charge >= 0.3 is 0 Å². The van der Waals surface area contributed by atoms with E-state index in [4.69, 9.17) is 9.47 Å². The maximum atomic E-state index is 6.03. The average molecular weight is 239 g/mol. The summed E-state index contributed by atoms with van der Waals surface area (Å²) in [6.45, 7) is 5.12.